The summed E-state index contributed by atoms with van der Waals surface area (Å²) in [7, 11) is 0. The summed E-state index contributed by atoms with van der Waals surface area (Å²) in [5.41, 5.74) is 7.66. The number of hydrogen-bond acceptors (Lipinski definition) is 4. The molecule has 90 valence electrons. The molecule has 1 aromatic carbocycles. The Bertz CT molecular complexity index is 544. The summed E-state index contributed by atoms with van der Waals surface area (Å²) < 4.78 is 8.56. The van der Waals surface area contributed by atoms with Crippen molar-refractivity contribution >= 4 is 37.6 Å². The van der Waals surface area contributed by atoms with Crippen LogP contribution in [0.1, 0.15) is 20.3 Å². The van der Waals surface area contributed by atoms with E-state index in [0.717, 1.165) is 16.7 Å². The van der Waals surface area contributed by atoms with Gasteiger partial charge in [-0.15, -0.1) is 0 Å². The Morgan fingerprint density at radius 3 is 2.94 bits per heavy atom. The summed E-state index contributed by atoms with van der Waals surface area (Å²) in [4.78, 5) is 11.8. The number of nitrogens with two attached hydrogens (primary N) is 1. The predicted octanol–water partition coefficient (Wildman–Crippen LogP) is 0.753. The van der Waals surface area contributed by atoms with Gasteiger partial charge in [0.15, 0.2) is 0 Å². The third-order valence-corrected chi connectivity index (χ3v) is 3.31. The normalized spacial score (nSPS) is 11.7. The Morgan fingerprint density at radius 2 is 2.24 bits per heavy atom. The Labute approximate surface area is 106 Å². The van der Waals surface area contributed by atoms with Gasteiger partial charge in [-0.05, 0) is 0 Å². The van der Waals surface area contributed by atoms with E-state index in [0.29, 0.717) is 0 Å². The summed E-state index contributed by atoms with van der Waals surface area (Å²) in [6.45, 7) is 3.65. The predicted molar refractivity (Wildman–Crippen MR) is 68.0 cm³/mol. The Morgan fingerprint density at radius 1 is 1.47 bits per heavy atom. The molecule has 17 heavy (non-hydrogen) atoms. The number of nitrogens with one attached hydrogen (secondary N) is 1. The van der Waals surface area contributed by atoms with Crippen LogP contribution in [0.5, 0.6) is 0 Å². The van der Waals surface area contributed by atoms with Crippen molar-refractivity contribution in [1.82, 2.24) is 7.96 Å². The molecule has 5 nitrogen and oxygen atoms in total. The van der Waals surface area contributed by atoms with Crippen molar-refractivity contribution in [2.24, 2.45) is 5.73 Å². The number of rotatable bonds is 3. The standard InChI is InChI=1S/C11H14N4OSe/c1-11(2,12)6-9(16)13-7-4-3-5-8-10(7)15-17-14-8/h3-5H,6,12H2,1-2H3,(H,13,16). The number of carbonyl (C=O) groups is 1. The van der Waals surface area contributed by atoms with Crippen LogP contribution in [0.25, 0.3) is 11.0 Å². The molecule has 1 heterocycles. The van der Waals surface area contributed by atoms with E-state index < -0.39 is 5.54 Å². The molecule has 2 aromatic rings. The van der Waals surface area contributed by atoms with Crippen molar-refractivity contribution in [2.45, 2.75) is 25.8 Å². The van der Waals surface area contributed by atoms with E-state index in [1.807, 2.05) is 32.0 Å². The van der Waals surface area contributed by atoms with Crippen molar-refractivity contribution in [3.8, 4) is 0 Å². The molecule has 0 radical (unpaired) electrons. The molecule has 0 aliphatic rings. The van der Waals surface area contributed by atoms with Crippen LogP contribution in [0.4, 0.5) is 5.69 Å². The fourth-order valence-electron chi connectivity index (χ4n) is 1.52. The second-order valence-corrected chi connectivity index (χ2v) is 5.76. The van der Waals surface area contributed by atoms with E-state index in [2.05, 4.69) is 13.3 Å². The van der Waals surface area contributed by atoms with E-state index in [1.165, 1.54) is 0 Å². The van der Waals surface area contributed by atoms with Crippen molar-refractivity contribution in [3.05, 3.63) is 18.2 Å². The molecule has 0 fully saturated rings. The number of nitrogens with zero attached hydrogens (tertiary/aromatic N) is 2. The fraction of sp³-hybridized carbons (Fsp3) is 0.364. The van der Waals surface area contributed by atoms with Gasteiger partial charge >= 0.3 is 105 Å². The molecule has 0 aliphatic heterocycles. The van der Waals surface area contributed by atoms with Crippen LogP contribution in [0.3, 0.4) is 0 Å². The molecule has 1 amide bonds. The number of amides is 1. The molecule has 1 aromatic heterocycles. The average Bonchev–Trinajstić information content (AvgIpc) is 2.63. The van der Waals surface area contributed by atoms with Gasteiger partial charge in [0.25, 0.3) is 0 Å². The minimum atomic E-state index is -0.506. The number of carbonyl (C=O) groups excluding carboxylic acids is 1. The number of anilines is 1. The fourth-order valence-corrected chi connectivity index (χ4v) is 2.67. The topological polar surface area (TPSA) is 80.9 Å². The number of benzene rings is 1. The van der Waals surface area contributed by atoms with E-state index in [1.54, 1.807) is 0 Å². The number of fused-ring (bicyclic) bond motifs is 1. The van der Waals surface area contributed by atoms with Crippen LogP contribution < -0.4 is 11.1 Å². The zero-order chi connectivity index (χ0) is 12.5. The first-order valence-corrected chi connectivity index (χ1v) is 6.79. The molecule has 0 saturated carbocycles. The monoisotopic (exact) mass is 298 g/mol. The molecule has 0 bridgehead atoms. The Balaban J connectivity index is 2.18. The second-order valence-electron chi connectivity index (χ2n) is 4.65. The summed E-state index contributed by atoms with van der Waals surface area (Å²) in [6.07, 6.45) is 0.277. The molecular formula is C11H14N4OSe. The zero-order valence-electron chi connectivity index (χ0n) is 9.73. The second kappa shape index (κ2) is 4.56. The van der Waals surface area contributed by atoms with E-state index in [9.17, 15) is 4.79 Å². The van der Waals surface area contributed by atoms with Crippen LogP contribution in [-0.4, -0.2) is 34.4 Å². The molecule has 6 heteroatoms. The Kier molecular flexibility index (Phi) is 3.28. The van der Waals surface area contributed by atoms with Crippen LogP contribution in [0.2, 0.25) is 0 Å². The molecule has 2 rings (SSSR count). The zero-order valence-corrected chi connectivity index (χ0v) is 11.4. The van der Waals surface area contributed by atoms with Crippen LogP contribution >= 0.6 is 0 Å². The van der Waals surface area contributed by atoms with Crippen molar-refractivity contribution < 1.29 is 4.79 Å². The summed E-state index contributed by atoms with van der Waals surface area (Å²) >= 11 is -0.0870. The summed E-state index contributed by atoms with van der Waals surface area (Å²) in [5, 5.41) is 2.84. The summed E-state index contributed by atoms with van der Waals surface area (Å²) in [6, 6.07) is 5.60. The molecule has 3 N–H and O–H groups in total. The van der Waals surface area contributed by atoms with Gasteiger partial charge in [0.2, 0.25) is 0 Å². The van der Waals surface area contributed by atoms with E-state index in [4.69, 9.17) is 5.73 Å². The first-order valence-electron chi connectivity index (χ1n) is 5.26. The first-order chi connectivity index (χ1) is 7.96. The number of hydrogen-bond donors (Lipinski definition) is 2. The van der Waals surface area contributed by atoms with Gasteiger partial charge < -0.3 is 0 Å². The van der Waals surface area contributed by atoms with Crippen LogP contribution in [0, 0.1) is 0 Å². The number of aromatic nitrogens is 2. The summed E-state index contributed by atoms with van der Waals surface area (Å²) in [5.74, 6) is -0.0968. The van der Waals surface area contributed by atoms with Crippen LogP contribution in [0.15, 0.2) is 18.2 Å². The van der Waals surface area contributed by atoms with Crippen LogP contribution in [-0.2, 0) is 4.79 Å². The van der Waals surface area contributed by atoms with Crippen molar-refractivity contribution in [3.63, 3.8) is 0 Å². The molecule has 0 unspecified atom stereocenters. The van der Waals surface area contributed by atoms with Crippen molar-refractivity contribution in [1.29, 1.82) is 0 Å². The molecule has 0 spiro atoms. The van der Waals surface area contributed by atoms with Gasteiger partial charge in [-0.2, -0.15) is 0 Å². The van der Waals surface area contributed by atoms with Gasteiger partial charge in [-0.25, -0.2) is 0 Å². The maximum absolute atomic E-state index is 11.8. The SMILES string of the molecule is CC(C)(N)CC(=O)Nc1cccc2n[se]nc12. The van der Waals surface area contributed by atoms with E-state index in [-0.39, 0.29) is 27.3 Å². The van der Waals surface area contributed by atoms with Crippen molar-refractivity contribution in [2.75, 3.05) is 5.32 Å². The van der Waals surface area contributed by atoms with Gasteiger partial charge in [-0.1, -0.05) is 0 Å². The Hall–Kier alpha value is -1.23. The van der Waals surface area contributed by atoms with Gasteiger partial charge in [0, 0.05) is 0 Å². The van der Waals surface area contributed by atoms with E-state index >= 15 is 0 Å². The first kappa shape index (κ1) is 12.2. The molecule has 0 aliphatic carbocycles. The quantitative estimate of drug-likeness (QED) is 0.819. The molecule has 0 saturated heterocycles. The third-order valence-electron chi connectivity index (χ3n) is 2.18. The van der Waals surface area contributed by atoms with Gasteiger partial charge in [0.1, 0.15) is 0 Å². The average molecular weight is 297 g/mol. The molecular weight excluding hydrogens is 283 g/mol. The third kappa shape index (κ3) is 3.12. The van der Waals surface area contributed by atoms with Gasteiger partial charge in [0.05, 0.1) is 0 Å². The maximum atomic E-state index is 11.8. The molecule has 0 atom stereocenters. The van der Waals surface area contributed by atoms with Gasteiger partial charge in [-0.3, -0.25) is 0 Å². The minimum absolute atomic E-state index is 0.0870.